The van der Waals surface area contributed by atoms with Gasteiger partial charge >= 0.3 is 0 Å². The minimum absolute atomic E-state index is 0.146. The number of nitrogens with zero attached hydrogens (tertiary/aromatic N) is 7. The summed E-state index contributed by atoms with van der Waals surface area (Å²) in [5, 5.41) is 14.2. The molecule has 6 rings (SSSR count). The summed E-state index contributed by atoms with van der Waals surface area (Å²) in [7, 11) is 0. The molecule has 1 unspecified atom stereocenters. The van der Waals surface area contributed by atoms with Crippen LogP contribution in [-0.4, -0.2) is 79.1 Å². The van der Waals surface area contributed by atoms with Crippen LogP contribution in [0.15, 0.2) is 60.5 Å². The summed E-state index contributed by atoms with van der Waals surface area (Å²) in [6.45, 7) is 10.1. The fourth-order valence-corrected chi connectivity index (χ4v) is 5.62. The van der Waals surface area contributed by atoms with E-state index in [2.05, 4.69) is 41.2 Å². The maximum atomic E-state index is 13.5. The van der Waals surface area contributed by atoms with Crippen LogP contribution in [0.5, 0.6) is 0 Å². The average Bonchev–Trinajstić information content (AvgIpc) is 3.72. The Morgan fingerprint density at radius 1 is 1.12 bits per heavy atom. The Morgan fingerprint density at radius 3 is 2.67 bits per heavy atom. The van der Waals surface area contributed by atoms with Crippen LogP contribution in [0.3, 0.4) is 0 Å². The zero-order valence-electron chi connectivity index (χ0n) is 22.8. The SMILES string of the molecule is CCN(CC)C(C)CNC(=O)c1cc(-c2cnn(C3COC3)c2)nc(-c2cnn3ccc(-c4cccs4)nc23)c1. The fraction of sp³-hybridized carbons (Fsp3) is 0.345. The van der Waals surface area contributed by atoms with Gasteiger partial charge < -0.3 is 10.1 Å². The fourth-order valence-electron chi connectivity index (χ4n) is 4.92. The zero-order valence-corrected chi connectivity index (χ0v) is 23.6. The largest absolute Gasteiger partial charge is 0.377 e. The zero-order chi connectivity index (χ0) is 27.6. The van der Waals surface area contributed by atoms with Crippen LogP contribution in [0, 0.1) is 0 Å². The van der Waals surface area contributed by atoms with Gasteiger partial charge in [-0.2, -0.15) is 10.2 Å². The molecule has 1 amide bonds. The number of hydrogen-bond donors (Lipinski definition) is 1. The number of pyridine rings is 1. The third-order valence-corrected chi connectivity index (χ3v) is 8.28. The molecule has 6 heterocycles. The van der Waals surface area contributed by atoms with Crippen molar-refractivity contribution in [1.82, 2.24) is 39.6 Å². The molecule has 1 saturated heterocycles. The molecule has 10 nitrogen and oxygen atoms in total. The Kier molecular flexibility index (Phi) is 7.42. The van der Waals surface area contributed by atoms with Crippen molar-refractivity contribution in [3.63, 3.8) is 0 Å². The van der Waals surface area contributed by atoms with Crippen LogP contribution in [0.4, 0.5) is 0 Å². The Labute approximate surface area is 236 Å². The predicted octanol–water partition coefficient (Wildman–Crippen LogP) is 4.41. The van der Waals surface area contributed by atoms with E-state index < -0.39 is 0 Å². The summed E-state index contributed by atoms with van der Waals surface area (Å²) >= 11 is 1.64. The van der Waals surface area contributed by atoms with Crippen molar-refractivity contribution in [1.29, 1.82) is 0 Å². The van der Waals surface area contributed by atoms with E-state index in [-0.39, 0.29) is 18.0 Å². The first kappa shape index (κ1) is 26.3. The number of amides is 1. The molecule has 0 aliphatic carbocycles. The highest BCUT2D eigenvalue weighted by atomic mass is 32.1. The van der Waals surface area contributed by atoms with E-state index in [0.717, 1.165) is 34.8 Å². The molecule has 0 aromatic carbocycles. The lowest BCUT2D eigenvalue weighted by Gasteiger charge is -2.26. The molecule has 11 heteroatoms. The van der Waals surface area contributed by atoms with E-state index in [9.17, 15) is 4.79 Å². The first-order valence-corrected chi connectivity index (χ1v) is 14.5. The standard InChI is InChI=1S/C29H32N8O2S/c1-4-35(5-2)19(3)13-30-29(38)20-11-25(21-14-31-37(16-21)22-17-39-18-22)33-26(12-20)23-15-32-36-9-8-24(34-28(23)36)27-7-6-10-40-27/h6-12,14-16,19,22H,4-5,13,17-18H2,1-3H3,(H,30,38). The lowest BCUT2D eigenvalue weighted by Crippen LogP contribution is -2.42. The summed E-state index contributed by atoms with van der Waals surface area (Å²) in [4.78, 5) is 26.7. The van der Waals surface area contributed by atoms with E-state index in [1.54, 1.807) is 28.2 Å². The highest BCUT2D eigenvalue weighted by Gasteiger charge is 2.23. The van der Waals surface area contributed by atoms with Crippen molar-refractivity contribution in [3.8, 4) is 33.1 Å². The minimum atomic E-state index is -0.146. The number of likely N-dealkylation sites (N-methyl/N-ethyl adjacent to an activating group) is 1. The molecule has 1 fully saturated rings. The van der Waals surface area contributed by atoms with Gasteiger partial charge in [0.25, 0.3) is 5.91 Å². The van der Waals surface area contributed by atoms with E-state index in [4.69, 9.17) is 14.7 Å². The molecule has 1 aliphatic heterocycles. The number of carbonyl (C=O) groups is 1. The van der Waals surface area contributed by atoms with E-state index in [1.165, 1.54) is 0 Å². The molecule has 1 aliphatic rings. The van der Waals surface area contributed by atoms with E-state index in [0.29, 0.717) is 42.4 Å². The quantitative estimate of drug-likeness (QED) is 0.272. The molecule has 5 aromatic heterocycles. The molecule has 40 heavy (non-hydrogen) atoms. The normalized spacial score (nSPS) is 14.5. The first-order valence-electron chi connectivity index (χ1n) is 13.6. The second-order valence-electron chi connectivity index (χ2n) is 9.92. The van der Waals surface area contributed by atoms with Gasteiger partial charge in [-0.05, 0) is 49.7 Å². The number of fused-ring (bicyclic) bond motifs is 1. The van der Waals surface area contributed by atoms with E-state index >= 15 is 0 Å². The third-order valence-electron chi connectivity index (χ3n) is 7.39. The highest BCUT2D eigenvalue weighted by Crippen LogP contribution is 2.30. The number of carbonyl (C=O) groups excluding carboxylic acids is 1. The monoisotopic (exact) mass is 556 g/mol. The van der Waals surface area contributed by atoms with Crippen molar-refractivity contribution in [2.45, 2.75) is 32.9 Å². The van der Waals surface area contributed by atoms with Crippen molar-refractivity contribution in [2.24, 2.45) is 0 Å². The Bertz CT molecular complexity index is 1620. The number of rotatable bonds is 10. The lowest BCUT2D eigenvalue weighted by molar-refractivity contribution is -0.0286. The van der Waals surface area contributed by atoms with Crippen LogP contribution in [0.25, 0.3) is 38.7 Å². The highest BCUT2D eigenvalue weighted by molar-refractivity contribution is 7.13. The Hall–Kier alpha value is -3.93. The van der Waals surface area contributed by atoms with Gasteiger partial charge in [0, 0.05) is 36.1 Å². The van der Waals surface area contributed by atoms with Gasteiger partial charge in [-0.15, -0.1) is 11.3 Å². The van der Waals surface area contributed by atoms with Crippen LogP contribution in [-0.2, 0) is 4.74 Å². The topological polar surface area (TPSA) is 102 Å². The molecule has 1 N–H and O–H groups in total. The number of nitrogens with one attached hydrogen (secondary N) is 1. The minimum Gasteiger partial charge on any atom is -0.377 e. The summed E-state index contributed by atoms with van der Waals surface area (Å²) in [6.07, 6.45) is 7.41. The van der Waals surface area contributed by atoms with Gasteiger partial charge in [0.1, 0.15) is 0 Å². The molecule has 0 spiro atoms. The number of ether oxygens (including phenoxy) is 1. The van der Waals surface area contributed by atoms with Crippen LogP contribution < -0.4 is 5.32 Å². The molecule has 1 atom stereocenters. The van der Waals surface area contributed by atoms with Gasteiger partial charge in [-0.3, -0.25) is 14.4 Å². The molecule has 0 saturated carbocycles. The maximum Gasteiger partial charge on any atom is 0.251 e. The predicted molar refractivity (Wildman–Crippen MR) is 155 cm³/mol. The summed E-state index contributed by atoms with van der Waals surface area (Å²) < 4.78 is 8.97. The van der Waals surface area contributed by atoms with Gasteiger partial charge in [0.2, 0.25) is 0 Å². The third kappa shape index (κ3) is 5.15. The number of thiophene rings is 1. The molecule has 0 bridgehead atoms. The lowest BCUT2D eigenvalue weighted by atomic mass is 10.1. The second-order valence-corrected chi connectivity index (χ2v) is 10.9. The van der Waals surface area contributed by atoms with Crippen LogP contribution in [0.2, 0.25) is 0 Å². The second kappa shape index (κ2) is 11.3. The summed E-state index contributed by atoms with van der Waals surface area (Å²) in [6, 6.07) is 10.1. The van der Waals surface area contributed by atoms with Gasteiger partial charge in [0.15, 0.2) is 5.65 Å². The van der Waals surface area contributed by atoms with Crippen molar-refractivity contribution < 1.29 is 9.53 Å². The molecule has 5 aromatic rings. The Morgan fingerprint density at radius 2 is 1.95 bits per heavy atom. The van der Waals surface area contributed by atoms with Crippen LogP contribution >= 0.6 is 11.3 Å². The van der Waals surface area contributed by atoms with E-state index in [1.807, 2.05) is 52.8 Å². The van der Waals surface area contributed by atoms with Crippen molar-refractivity contribution in [2.75, 3.05) is 32.8 Å². The first-order chi connectivity index (χ1) is 19.5. The van der Waals surface area contributed by atoms with Crippen molar-refractivity contribution >= 4 is 22.9 Å². The molecule has 0 radical (unpaired) electrons. The number of aromatic nitrogens is 6. The van der Waals surface area contributed by atoms with Gasteiger partial charge in [0.05, 0.1) is 59.2 Å². The molecular formula is C29H32N8O2S. The van der Waals surface area contributed by atoms with Crippen LogP contribution in [0.1, 0.15) is 37.2 Å². The smallest absolute Gasteiger partial charge is 0.251 e. The number of hydrogen-bond acceptors (Lipinski definition) is 8. The molecule has 206 valence electrons. The van der Waals surface area contributed by atoms with Gasteiger partial charge in [-0.25, -0.2) is 14.5 Å². The maximum absolute atomic E-state index is 13.5. The molecular weight excluding hydrogens is 524 g/mol. The van der Waals surface area contributed by atoms with Gasteiger partial charge in [-0.1, -0.05) is 19.9 Å². The summed E-state index contributed by atoms with van der Waals surface area (Å²) in [5.74, 6) is -0.146. The van der Waals surface area contributed by atoms with Crippen molar-refractivity contribution in [3.05, 3.63) is 66.1 Å². The summed E-state index contributed by atoms with van der Waals surface area (Å²) in [5.41, 5.74) is 4.96. The average molecular weight is 557 g/mol. The Balaban J connectivity index is 1.38.